The Bertz CT molecular complexity index is 715. The molecule has 0 saturated carbocycles. The van der Waals surface area contributed by atoms with Crippen LogP contribution in [-0.4, -0.2) is 36.1 Å². The molecular weight excluding hydrogens is 338 g/mol. The number of aromatic nitrogens is 1. The summed E-state index contributed by atoms with van der Waals surface area (Å²) in [5, 5.41) is 7.95. The molecule has 1 amide bonds. The number of carbonyl (C=O) groups is 2. The van der Waals surface area contributed by atoms with Gasteiger partial charge < -0.3 is 15.4 Å². The second-order valence-electron chi connectivity index (χ2n) is 5.28. The Labute approximate surface area is 150 Å². The molecule has 0 fully saturated rings. The van der Waals surface area contributed by atoms with E-state index in [-0.39, 0.29) is 11.6 Å². The summed E-state index contributed by atoms with van der Waals surface area (Å²) in [4.78, 5) is 28.2. The maximum Gasteiger partial charge on any atom is 0.358 e. The van der Waals surface area contributed by atoms with Crippen LogP contribution in [0.5, 0.6) is 0 Å². The first-order valence-corrected chi connectivity index (χ1v) is 8.81. The van der Waals surface area contributed by atoms with Crippen LogP contribution in [0.3, 0.4) is 0 Å². The number of ether oxygens (including phenoxy) is 1. The summed E-state index contributed by atoms with van der Waals surface area (Å²) in [5.74, 6) is -0.946. The molecule has 0 saturated heterocycles. The van der Waals surface area contributed by atoms with Crippen molar-refractivity contribution in [3.8, 4) is 0 Å². The van der Waals surface area contributed by atoms with Crippen molar-refractivity contribution in [1.29, 1.82) is 0 Å². The lowest BCUT2D eigenvalue weighted by atomic mass is 10.1. The number of thiazole rings is 1. The van der Waals surface area contributed by atoms with E-state index in [0.717, 1.165) is 12.0 Å². The number of amides is 1. The molecule has 0 aliphatic heterocycles. The van der Waals surface area contributed by atoms with E-state index in [2.05, 4.69) is 22.2 Å². The van der Waals surface area contributed by atoms with Crippen LogP contribution in [0.15, 0.2) is 48.4 Å². The zero-order chi connectivity index (χ0) is 18.1. The predicted octanol–water partition coefficient (Wildman–Crippen LogP) is 2.65. The highest BCUT2D eigenvalue weighted by molar-refractivity contribution is 7.13. The summed E-state index contributed by atoms with van der Waals surface area (Å²) in [7, 11) is 0. The van der Waals surface area contributed by atoms with E-state index < -0.39 is 12.1 Å². The Kier molecular flexibility index (Phi) is 7.16. The van der Waals surface area contributed by atoms with E-state index in [4.69, 9.17) is 4.74 Å². The van der Waals surface area contributed by atoms with Crippen LogP contribution in [0.4, 0.5) is 5.13 Å². The number of carbonyl (C=O) groups excluding carboxylic acids is 2. The smallest absolute Gasteiger partial charge is 0.358 e. The molecule has 0 radical (unpaired) electrons. The fraction of sp³-hybridized carbons (Fsp3) is 0.278. The molecule has 1 aromatic heterocycles. The van der Waals surface area contributed by atoms with Crippen molar-refractivity contribution in [1.82, 2.24) is 10.3 Å². The van der Waals surface area contributed by atoms with Crippen LogP contribution < -0.4 is 10.6 Å². The summed E-state index contributed by atoms with van der Waals surface area (Å²) in [6, 6.07) is 9.84. The lowest BCUT2D eigenvalue weighted by Crippen LogP contribution is -2.37. The molecule has 6 nitrogen and oxygen atoms in total. The predicted molar refractivity (Wildman–Crippen MR) is 98.8 cm³/mol. The third-order valence-electron chi connectivity index (χ3n) is 3.32. The maximum atomic E-state index is 12.0. The van der Waals surface area contributed by atoms with Gasteiger partial charge in [-0.15, -0.1) is 17.9 Å². The fourth-order valence-corrected chi connectivity index (χ4v) is 2.69. The Balaban J connectivity index is 1.76. The van der Waals surface area contributed by atoms with Gasteiger partial charge in [0.1, 0.15) is 0 Å². The van der Waals surface area contributed by atoms with Crippen LogP contribution in [0.1, 0.15) is 23.0 Å². The van der Waals surface area contributed by atoms with Gasteiger partial charge in [0.05, 0.1) is 0 Å². The van der Waals surface area contributed by atoms with E-state index in [0.29, 0.717) is 18.2 Å². The number of nitrogens with zero attached hydrogens (tertiary/aromatic N) is 1. The average molecular weight is 359 g/mol. The number of esters is 1. The quantitative estimate of drug-likeness (QED) is 0.531. The normalized spacial score (nSPS) is 11.4. The Morgan fingerprint density at radius 3 is 2.84 bits per heavy atom. The summed E-state index contributed by atoms with van der Waals surface area (Å²) >= 11 is 1.29. The van der Waals surface area contributed by atoms with Crippen LogP contribution in [0.2, 0.25) is 0 Å². The van der Waals surface area contributed by atoms with Gasteiger partial charge in [-0.2, -0.15) is 0 Å². The van der Waals surface area contributed by atoms with Gasteiger partial charge in [-0.1, -0.05) is 36.4 Å². The number of hydrogen-bond acceptors (Lipinski definition) is 6. The van der Waals surface area contributed by atoms with Crippen molar-refractivity contribution in [2.24, 2.45) is 0 Å². The van der Waals surface area contributed by atoms with Gasteiger partial charge >= 0.3 is 5.97 Å². The molecule has 0 aliphatic rings. The van der Waals surface area contributed by atoms with E-state index in [1.165, 1.54) is 11.3 Å². The Hall–Kier alpha value is -2.67. The minimum absolute atomic E-state index is 0.181. The van der Waals surface area contributed by atoms with E-state index >= 15 is 0 Å². The maximum absolute atomic E-state index is 12.0. The molecule has 0 spiro atoms. The van der Waals surface area contributed by atoms with Gasteiger partial charge in [0.25, 0.3) is 5.91 Å². The first kappa shape index (κ1) is 18.7. The first-order chi connectivity index (χ1) is 12.1. The number of anilines is 1. The minimum Gasteiger partial charge on any atom is -0.448 e. The monoisotopic (exact) mass is 359 g/mol. The molecule has 0 bridgehead atoms. The molecule has 2 rings (SSSR count). The molecular formula is C18H21N3O3S. The van der Waals surface area contributed by atoms with Crippen molar-refractivity contribution < 1.29 is 14.3 Å². The van der Waals surface area contributed by atoms with E-state index in [9.17, 15) is 9.59 Å². The second-order valence-corrected chi connectivity index (χ2v) is 6.14. The van der Waals surface area contributed by atoms with Crippen molar-refractivity contribution in [2.45, 2.75) is 19.4 Å². The van der Waals surface area contributed by atoms with E-state index in [1.807, 2.05) is 30.3 Å². The fourth-order valence-electron chi connectivity index (χ4n) is 2.00. The second kappa shape index (κ2) is 9.58. The zero-order valence-corrected chi connectivity index (χ0v) is 14.8. The third kappa shape index (κ3) is 6.04. The molecule has 1 aromatic carbocycles. The van der Waals surface area contributed by atoms with Gasteiger partial charge in [0.2, 0.25) is 0 Å². The van der Waals surface area contributed by atoms with Crippen LogP contribution in [0.25, 0.3) is 0 Å². The molecule has 25 heavy (non-hydrogen) atoms. The van der Waals surface area contributed by atoms with Crippen molar-refractivity contribution >= 4 is 28.3 Å². The molecule has 0 aliphatic carbocycles. The van der Waals surface area contributed by atoms with Gasteiger partial charge in [-0.3, -0.25) is 4.79 Å². The standard InChI is InChI=1S/C18H21N3O3S/c1-3-10-20-18-21-15(12-25-18)17(23)24-13(2)16(22)19-11-9-14-7-5-4-6-8-14/h3-8,12-13H,1,9-11H2,2H3,(H,19,22)(H,20,21). The van der Waals surface area contributed by atoms with Crippen LogP contribution >= 0.6 is 11.3 Å². The molecule has 1 heterocycles. The summed E-state index contributed by atoms with van der Waals surface area (Å²) in [5.41, 5.74) is 1.31. The van der Waals surface area contributed by atoms with Gasteiger partial charge in [0, 0.05) is 18.5 Å². The van der Waals surface area contributed by atoms with Crippen molar-refractivity contribution in [2.75, 3.05) is 18.4 Å². The summed E-state index contributed by atoms with van der Waals surface area (Å²) < 4.78 is 5.16. The first-order valence-electron chi connectivity index (χ1n) is 7.93. The molecule has 2 aromatic rings. The zero-order valence-electron chi connectivity index (χ0n) is 14.0. The molecule has 7 heteroatoms. The van der Waals surface area contributed by atoms with Crippen molar-refractivity contribution in [3.05, 3.63) is 59.6 Å². The summed E-state index contributed by atoms with van der Waals surface area (Å²) in [6.45, 7) is 6.18. The molecule has 1 atom stereocenters. The van der Waals surface area contributed by atoms with Gasteiger partial charge in [0.15, 0.2) is 16.9 Å². The molecule has 2 N–H and O–H groups in total. The SMILES string of the molecule is C=CCNc1nc(C(=O)OC(C)C(=O)NCCc2ccccc2)cs1. The highest BCUT2D eigenvalue weighted by Gasteiger charge is 2.20. The Morgan fingerprint density at radius 2 is 2.12 bits per heavy atom. The topological polar surface area (TPSA) is 80.3 Å². The number of rotatable bonds is 9. The van der Waals surface area contributed by atoms with E-state index in [1.54, 1.807) is 18.4 Å². The van der Waals surface area contributed by atoms with Gasteiger partial charge in [-0.05, 0) is 18.9 Å². The number of nitrogens with one attached hydrogen (secondary N) is 2. The number of benzene rings is 1. The van der Waals surface area contributed by atoms with Crippen LogP contribution in [0, 0.1) is 0 Å². The lowest BCUT2D eigenvalue weighted by Gasteiger charge is -2.12. The highest BCUT2D eigenvalue weighted by Crippen LogP contribution is 2.16. The highest BCUT2D eigenvalue weighted by atomic mass is 32.1. The molecule has 132 valence electrons. The number of hydrogen-bond donors (Lipinski definition) is 2. The molecule has 1 unspecified atom stereocenters. The Morgan fingerprint density at radius 1 is 1.36 bits per heavy atom. The summed E-state index contributed by atoms with van der Waals surface area (Å²) in [6.07, 6.45) is 1.54. The van der Waals surface area contributed by atoms with Crippen LogP contribution in [-0.2, 0) is 16.0 Å². The third-order valence-corrected chi connectivity index (χ3v) is 4.12. The average Bonchev–Trinajstić information content (AvgIpc) is 3.09. The van der Waals surface area contributed by atoms with Crippen molar-refractivity contribution in [3.63, 3.8) is 0 Å². The minimum atomic E-state index is -0.880. The van der Waals surface area contributed by atoms with Gasteiger partial charge in [-0.25, -0.2) is 9.78 Å². The largest absolute Gasteiger partial charge is 0.448 e. The lowest BCUT2D eigenvalue weighted by molar-refractivity contribution is -0.129.